The number of rotatable bonds is 6. The van der Waals surface area contributed by atoms with Crippen LogP contribution in [0.25, 0.3) is 0 Å². The van der Waals surface area contributed by atoms with Gasteiger partial charge in [0.25, 0.3) is 0 Å². The monoisotopic (exact) mass is 220 g/mol. The van der Waals surface area contributed by atoms with Gasteiger partial charge in [-0.15, -0.1) is 0 Å². The smallest absolute Gasteiger partial charge is 0.131 e. The first kappa shape index (κ1) is 11.3. The van der Waals surface area contributed by atoms with Crippen molar-refractivity contribution < 1.29 is 0 Å². The van der Waals surface area contributed by atoms with Crippen LogP contribution in [0.1, 0.15) is 43.6 Å². The highest BCUT2D eigenvalue weighted by Crippen LogP contribution is 2.38. The average molecular weight is 220 g/mol. The molecule has 1 aliphatic carbocycles. The van der Waals surface area contributed by atoms with Gasteiger partial charge in [0.05, 0.1) is 17.6 Å². The van der Waals surface area contributed by atoms with E-state index >= 15 is 0 Å². The quantitative estimate of drug-likeness (QED) is 0.716. The highest BCUT2D eigenvalue weighted by Gasteiger charge is 2.26. The molecule has 3 N–H and O–H groups in total. The number of aromatic nitrogens is 2. The van der Waals surface area contributed by atoms with Crippen molar-refractivity contribution in [2.24, 2.45) is 5.73 Å². The van der Waals surface area contributed by atoms with Gasteiger partial charge in [0, 0.05) is 12.5 Å². The van der Waals surface area contributed by atoms with Gasteiger partial charge in [-0.05, 0) is 32.2 Å². The second-order valence-electron chi connectivity index (χ2n) is 4.29. The number of anilines is 1. The maximum atomic E-state index is 5.46. The molecule has 88 valence electrons. The summed E-state index contributed by atoms with van der Waals surface area (Å²) < 4.78 is 0. The molecule has 16 heavy (non-hydrogen) atoms. The lowest BCUT2D eigenvalue weighted by Crippen LogP contribution is -2.11. The van der Waals surface area contributed by atoms with E-state index in [1.165, 1.54) is 12.8 Å². The summed E-state index contributed by atoms with van der Waals surface area (Å²) in [6, 6.07) is 0. The Morgan fingerprint density at radius 2 is 2.31 bits per heavy atom. The molecule has 1 aromatic rings. The van der Waals surface area contributed by atoms with E-state index in [1.54, 1.807) is 0 Å². The third kappa shape index (κ3) is 2.70. The van der Waals surface area contributed by atoms with Crippen molar-refractivity contribution in [3.63, 3.8) is 0 Å². The van der Waals surface area contributed by atoms with E-state index in [0.29, 0.717) is 5.92 Å². The Hall–Kier alpha value is -1.16. The lowest BCUT2D eigenvalue weighted by atomic mass is 10.2. The lowest BCUT2D eigenvalue weighted by Gasteiger charge is -2.10. The minimum atomic E-state index is 0.628. The van der Waals surface area contributed by atoms with Crippen LogP contribution < -0.4 is 11.1 Å². The third-order valence-electron chi connectivity index (χ3n) is 2.86. The summed E-state index contributed by atoms with van der Waals surface area (Å²) in [5, 5.41) is 3.35. The van der Waals surface area contributed by atoms with Crippen molar-refractivity contribution >= 4 is 5.69 Å². The highest BCUT2D eigenvalue weighted by atomic mass is 15.0. The van der Waals surface area contributed by atoms with Gasteiger partial charge in [-0.2, -0.15) is 0 Å². The molecule has 0 aromatic carbocycles. The first-order valence-electron chi connectivity index (χ1n) is 6.15. The lowest BCUT2D eigenvalue weighted by molar-refractivity contribution is 0.850. The highest BCUT2D eigenvalue weighted by molar-refractivity contribution is 5.46. The van der Waals surface area contributed by atoms with Gasteiger partial charge in [-0.1, -0.05) is 6.92 Å². The number of aryl methyl sites for hydroxylation is 1. The zero-order valence-corrected chi connectivity index (χ0v) is 9.87. The second-order valence-corrected chi connectivity index (χ2v) is 4.29. The molecular weight excluding hydrogens is 200 g/mol. The molecule has 4 nitrogen and oxygen atoms in total. The summed E-state index contributed by atoms with van der Waals surface area (Å²) in [5.74, 6) is 1.66. The van der Waals surface area contributed by atoms with Crippen molar-refractivity contribution in [2.75, 3.05) is 18.4 Å². The van der Waals surface area contributed by atoms with E-state index in [1.807, 2.05) is 6.20 Å². The summed E-state index contributed by atoms with van der Waals surface area (Å²) in [7, 11) is 0. The van der Waals surface area contributed by atoms with Gasteiger partial charge in [0.2, 0.25) is 0 Å². The average Bonchev–Trinajstić information content (AvgIpc) is 3.13. The molecule has 0 atom stereocenters. The molecule has 1 fully saturated rings. The Morgan fingerprint density at radius 3 is 2.94 bits per heavy atom. The molecule has 0 aliphatic heterocycles. The fraction of sp³-hybridized carbons (Fsp3) is 0.667. The zero-order chi connectivity index (χ0) is 11.4. The van der Waals surface area contributed by atoms with Crippen molar-refractivity contribution in [3.8, 4) is 0 Å². The van der Waals surface area contributed by atoms with Crippen LogP contribution in [0.5, 0.6) is 0 Å². The van der Waals surface area contributed by atoms with Crippen LogP contribution in [0, 0.1) is 0 Å². The first-order valence-corrected chi connectivity index (χ1v) is 6.15. The predicted octanol–water partition coefficient (Wildman–Crippen LogP) is 1.68. The standard InChI is InChI=1S/C12H20N4/c1-2-10-11(14-7-3-6-13)8-15-12(16-10)9-4-5-9/h8-9,14H,2-7,13H2,1H3. The van der Waals surface area contributed by atoms with Gasteiger partial charge in [-0.3, -0.25) is 0 Å². The number of hydrogen-bond acceptors (Lipinski definition) is 4. The molecule has 4 heteroatoms. The maximum absolute atomic E-state index is 5.46. The van der Waals surface area contributed by atoms with Gasteiger partial charge >= 0.3 is 0 Å². The molecule has 0 saturated heterocycles. The summed E-state index contributed by atoms with van der Waals surface area (Å²) in [5.41, 5.74) is 7.67. The van der Waals surface area contributed by atoms with Crippen molar-refractivity contribution in [2.45, 2.75) is 38.5 Å². The molecule has 0 unspecified atom stereocenters. The fourth-order valence-corrected chi connectivity index (χ4v) is 1.71. The van der Waals surface area contributed by atoms with Crippen LogP contribution in [-0.4, -0.2) is 23.1 Å². The van der Waals surface area contributed by atoms with Gasteiger partial charge in [0.1, 0.15) is 5.82 Å². The van der Waals surface area contributed by atoms with Gasteiger partial charge < -0.3 is 11.1 Å². The van der Waals surface area contributed by atoms with Crippen LogP contribution in [0.4, 0.5) is 5.69 Å². The molecule has 0 amide bonds. The van der Waals surface area contributed by atoms with Crippen LogP contribution in [0.15, 0.2) is 6.20 Å². The van der Waals surface area contributed by atoms with Crippen LogP contribution in [0.2, 0.25) is 0 Å². The second kappa shape index (κ2) is 5.25. The van der Waals surface area contributed by atoms with E-state index in [4.69, 9.17) is 5.73 Å². The number of nitrogens with zero attached hydrogens (tertiary/aromatic N) is 2. The Labute approximate surface area is 96.7 Å². The van der Waals surface area contributed by atoms with E-state index in [2.05, 4.69) is 22.2 Å². The molecule has 1 aromatic heterocycles. The van der Waals surface area contributed by atoms with Crippen molar-refractivity contribution in [1.82, 2.24) is 9.97 Å². The molecule has 1 heterocycles. The van der Waals surface area contributed by atoms with Crippen LogP contribution >= 0.6 is 0 Å². The van der Waals surface area contributed by atoms with E-state index < -0.39 is 0 Å². The van der Waals surface area contributed by atoms with Crippen LogP contribution in [-0.2, 0) is 6.42 Å². The molecule has 1 saturated carbocycles. The first-order chi connectivity index (χ1) is 7.85. The molecule has 1 aliphatic rings. The topological polar surface area (TPSA) is 63.8 Å². The minimum Gasteiger partial charge on any atom is -0.382 e. The summed E-state index contributed by atoms with van der Waals surface area (Å²) in [6.45, 7) is 3.75. The molecule has 0 radical (unpaired) electrons. The number of nitrogens with two attached hydrogens (primary N) is 1. The molecule has 2 rings (SSSR count). The predicted molar refractivity (Wildman–Crippen MR) is 65.5 cm³/mol. The Bertz CT molecular complexity index is 347. The van der Waals surface area contributed by atoms with Gasteiger partial charge in [0.15, 0.2) is 0 Å². The van der Waals surface area contributed by atoms with Gasteiger partial charge in [-0.25, -0.2) is 9.97 Å². The SMILES string of the molecule is CCc1nc(C2CC2)ncc1NCCCN. The van der Waals surface area contributed by atoms with Crippen molar-refractivity contribution in [3.05, 3.63) is 17.7 Å². The molecule has 0 spiro atoms. The van der Waals surface area contributed by atoms with Crippen molar-refractivity contribution in [1.29, 1.82) is 0 Å². The van der Waals surface area contributed by atoms with Crippen LogP contribution in [0.3, 0.4) is 0 Å². The Kier molecular flexibility index (Phi) is 3.72. The Morgan fingerprint density at radius 1 is 1.50 bits per heavy atom. The summed E-state index contributed by atoms with van der Waals surface area (Å²) in [4.78, 5) is 9.05. The number of hydrogen-bond donors (Lipinski definition) is 2. The largest absolute Gasteiger partial charge is 0.382 e. The Balaban J connectivity index is 2.05. The minimum absolute atomic E-state index is 0.628. The van der Waals surface area contributed by atoms with E-state index in [0.717, 1.165) is 43.1 Å². The van der Waals surface area contributed by atoms with E-state index in [-0.39, 0.29) is 0 Å². The molecular formula is C12H20N4. The third-order valence-corrected chi connectivity index (χ3v) is 2.86. The zero-order valence-electron chi connectivity index (χ0n) is 9.87. The normalized spacial score (nSPS) is 15.1. The van der Waals surface area contributed by atoms with E-state index in [9.17, 15) is 0 Å². The number of nitrogens with one attached hydrogen (secondary N) is 1. The maximum Gasteiger partial charge on any atom is 0.131 e. The fourth-order valence-electron chi connectivity index (χ4n) is 1.71. The molecule has 0 bridgehead atoms. The summed E-state index contributed by atoms with van der Waals surface area (Å²) >= 11 is 0. The summed E-state index contributed by atoms with van der Waals surface area (Å²) in [6.07, 6.45) is 6.36.